The Hall–Kier alpha value is -1.59. The van der Waals surface area contributed by atoms with Crippen LogP contribution in [0.25, 0.3) is 0 Å². The average molecular weight is 324 g/mol. The van der Waals surface area contributed by atoms with Gasteiger partial charge in [0.05, 0.1) is 12.6 Å². The maximum atomic E-state index is 12.4. The van der Waals surface area contributed by atoms with Gasteiger partial charge in [-0.1, -0.05) is 30.3 Å². The van der Waals surface area contributed by atoms with Gasteiger partial charge in [-0.2, -0.15) is 0 Å². The number of carbonyl (C=O) groups is 2. The summed E-state index contributed by atoms with van der Waals surface area (Å²) in [5.74, 6) is -0.0633. The average Bonchev–Trinajstić information content (AvgIpc) is 3.32. The molecule has 0 spiro atoms. The van der Waals surface area contributed by atoms with Gasteiger partial charge in [0.15, 0.2) is 0 Å². The Balaban J connectivity index is 0.00000176. The number of nitrogens with zero attached hydrogens (tertiary/aromatic N) is 2. The molecular formula is C16H22ClN3O2. The molecule has 1 saturated heterocycles. The fourth-order valence-corrected chi connectivity index (χ4v) is 2.84. The number of carbonyl (C=O) groups excluding carboxylic acids is 2. The standard InChI is InChI=1S/C16H21N3O2.ClH/c17-14(10-12-4-2-1-3-5-12)16(21)18-8-9-19(13-6-7-13)15(20)11-18;/h1-5,13-14H,6-11,17H2;1H. The molecular weight excluding hydrogens is 302 g/mol. The third-order valence-corrected chi connectivity index (χ3v) is 4.17. The first kappa shape index (κ1) is 16.8. The summed E-state index contributed by atoms with van der Waals surface area (Å²) in [7, 11) is 0. The van der Waals surface area contributed by atoms with Crippen molar-refractivity contribution in [2.75, 3.05) is 19.6 Å². The molecule has 1 heterocycles. The van der Waals surface area contributed by atoms with Crippen molar-refractivity contribution >= 4 is 24.2 Å². The molecule has 0 radical (unpaired) electrons. The van der Waals surface area contributed by atoms with E-state index < -0.39 is 6.04 Å². The molecule has 0 bridgehead atoms. The van der Waals surface area contributed by atoms with E-state index in [9.17, 15) is 9.59 Å². The van der Waals surface area contributed by atoms with Crippen molar-refractivity contribution in [2.45, 2.75) is 31.3 Å². The molecule has 1 aromatic carbocycles. The Morgan fingerprint density at radius 2 is 1.91 bits per heavy atom. The molecule has 5 nitrogen and oxygen atoms in total. The highest BCUT2D eigenvalue weighted by molar-refractivity contribution is 5.88. The summed E-state index contributed by atoms with van der Waals surface area (Å²) in [4.78, 5) is 27.9. The molecule has 2 aliphatic rings. The second-order valence-corrected chi connectivity index (χ2v) is 5.87. The number of rotatable bonds is 4. The molecule has 6 heteroatoms. The normalized spacial score (nSPS) is 19.6. The van der Waals surface area contributed by atoms with E-state index in [0.717, 1.165) is 18.4 Å². The topological polar surface area (TPSA) is 66.6 Å². The quantitative estimate of drug-likeness (QED) is 0.891. The second kappa shape index (κ2) is 7.11. The second-order valence-electron chi connectivity index (χ2n) is 5.87. The van der Waals surface area contributed by atoms with Gasteiger partial charge in [0.2, 0.25) is 11.8 Å². The number of benzene rings is 1. The largest absolute Gasteiger partial charge is 0.336 e. The highest BCUT2D eigenvalue weighted by Crippen LogP contribution is 2.28. The van der Waals surface area contributed by atoms with Crippen LogP contribution in [0.2, 0.25) is 0 Å². The maximum absolute atomic E-state index is 12.4. The highest BCUT2D eigenvalue weighted by Gasteiger charge is 2.37. The Labute approximate surface area is 136 Å². The molecule has 1 unspecified atom stereocenters. The Kier molecular flexibility index (Phi) is 5.42. The monoisotopic (exact) mass is 323 g/mol. The van der Waals surface area contributed by atoms with Crippen molar-refractivity contribution in [1.82, 2.24) is 9.80 Å². The maximum Gasteiger partial charge on any atom is 0.242 e. The van der Waals surface area contributed by atoms with E-state index in [1.165, 1.54) is 0 Å². The number of piperazine rings is 1. The minimum absolute atomic E-state index is 0. The molecule has 120 valence electrons. The first-order chi connectivity index (χ1) is 10.1. The number of hydrogen-bond acceptors (Lipinski definition) is 3. The van der Waals surface area contributed by atoms with Crippen molar-refractivity contribution < 1.29 is 9.59 Å². The molecule has 2 N–H and O–H groups in total. The predicted octanol–water partition coefficient (Wildman–Crippen LogP) is 0.811. The van der Waals surface area contributed by atoms with Crippen LogP contribution in [0.3, 0.4) is 0 Å². The molecule has 2 amide bonds. The van der Waals surface area contributed by atoms with Gasteiger partial charge < -0.3 is 15.5 Å². The van der Waals surface area contributed by atoms with Crippen molar-refractivity contribution in [3.05, 3.63) is 35.9 Å². The van der Waals surface area contributed by atoms with Crippen LogP contribution in [0.5, 0.6) is 0 Å². The molecule has 1 saturated carbocycles. The van der Waals surface area contributed by atoms with E-state index in [0.29, 0.717) is 25.6 Å². The minimum atomic E-state index is -0.576. The number of hydrogen-bond donors (Lipinski definition) is 1. The van der Waals surface area contributed by atoms with Gasteiger partial charge in [-0.15, -0.1) is 12.4 Å². The SMILES string of the molecule is Cl.NC(Cc1ccccc1)C(=O)N1CCN(C2CC2)C(=O)C1. The Morgan fingerprint density at radius 1 is 1.23 bits per heavy atom. The third-order valence-electron chi connectivity index (χ3n) is 4.17. The molecule has 3 rings (SSSR count). The lowest BCUT2D eigenvalue weighted by Gasteiger charge is -2.35. The summed E-state index contributed by atoms with van der Waals surface area (Å²) in [5, 5.41) is 0. The van der Waals surface area contributed by atoms with Gasteiger partial charge in [-0.25, -0.2) is 0 Å². The fraction of sp³-hybridized carbons (Fsp3) is 0.500. The van der Waals surface area contributed by atoms with Crippen LogP contribution in [0.4, 0.5) is 0 Å². The Bertz CT molecular complexity index is 533. The van der Waals surface area contributed by atoms with Gasteiger partial charge >= 0.3 is 0 Å². The lowest BCUT2D eigenvalue weighted by molar-refractivity contribution is -0.146. The highest BCUT2D eigenvalue weighted by atomic mass is 35.5. The van der Waals surface area contributed by atoms with Gasteiger partial charge in [0.25, 0.3) is 0 Å². The molecule has 1 aromatic rings. The van der Waals surface area contributed by atoms with Gasteiger partial charge in [0.1, 0.15) is 0 Å². The van der Waals surface area contributed by atoms with E-state index in [2.05, 4.69) is 0 Å². The zero-order valence-electron chi connectivity index (χ0n) is 12.5. The first-order valence-electron chi connectivity index (χ1n) is 7.53. The van der Waals surface area contributed by atoms with Gasteiger partial charge in [-0.05, 0) is 24.8 Å². The van der Waals surface area contributed by atoms with Crippen molar-refractivity contribution in [1.29, 1.82) is 0 Å². The lowest BCUT2D eigenvalue weighted by atomic mass is 10.1. The summed E-state index contributed by atoms with van der Waals surface area (Å²) in [5.41, 5.74) is 7.06. The van der Waals surface area contributed by atoms with Crippen LogP contribution in [-0.4, -0.2) is 53.3 Å². The van der Waals surface area contributed by atoms with Gasteiger partial charge in [-0.3, -0.25) is 9.59 Å². The summed E-state index contributed by atoms with van der Waals surface area (Å²) < 4.78 is 0. The van der Waals surface area contributed by atoms with Crippen LogP contribution >= 0.6 is 12.4 Å². The zero-order valence-corrected chi connectivity index (χ0v) is 13.3. The number of amides is 2. The van der Waals surface area contributed by atoms with E-state index in [1.54, 1.807) is 4.90 Å². The van der Waals surface area contributed by atoms with Crippen molar-refractivity contribution in [2.24, 2.45) is 5.73 Å². The molecule has 1 aliphatic carbocycles. The number of halogens is 1. The first-order valence-corrected chi connectivity index (χ1v) is 7.53. The van der Waals surface area contributed by atoms with Crippen LogP contribution in [-0.2, 0) is 16.0 Å². The molecule has 2 fully saturated rings. The van der Waals surface area contributed by atoms with Crippen molar-refractivity contribution in [3.8, 4) is 0 Å². The summed E-state index contributed by atoms with van der Waals surface area (Å²) in [6.45, 7) is 1.43. The molecule has 1 atom stereocenters. The predicted molar refractivity (Wildman–Crippen MR) is 86.7 cm³/mol. The zero-order chi connectivity index (χ0) is 14.8. The fourth-order valence-electron chi connectivity index (χ4n) is 2.84. The van der Waals surface area contributed by atoms with E-state index >= 15 is 0 Å². The van der Waals surface area contributed by atoms with Crippen LogP contribution in [0.1, 0.15) is 18.4 Å². The van der Waals surface area contributed by atoms with E-state index in [1.807, 2.05) is 35.2 Å². The number of nitrogens with two attached hydrogens (primary N) is 1. The van der Waals surface area contributed by atoms with Crippen LogP contribution in [0.15, 0.2) is 30.3 Å². The van der Waals surface area contributed by atoms with Gasteiger partial charge in [0, 0.05) is 19.1 Å². The third kappa shape index (κ3) is 3.78. The molecule has 0 aromatic heterocycles. The summed E-state index contributed by atoms with van der Waals surface area (Å²) >= 11 is 0. The van der Waals surface area contributed by atoms with Crippen LogP contribution in [0, 0.1) is 0 Å². The Morgan fingerprint density at radius 3 is 2.50 bits per heavy atom. The molecule has 1 aliphatic heterocycles. The molecule has 22 heavy (non-hydrogen) atoms. The summed E-state index contributed by atoms with van der Waals surface area (Å²) in [6.07, 6.45) is 2.72. The van der Waals surface area contributed by atoms with E-state index in [4.69, 9.17) is 5.73 Å². The van der Waals surface area contributed by atoms with Crippen LogP contribution < -0.4 is 5.73 Å². The van der Waals surface area contributed by atoms with Crippen molar-refractivity contribution in [3.63, 3.8) is 0 Å². The minimum Gasteiger partial charge on any atom is -0.336 e. The smallest absolute Gasteiger partial charge is 0.242 e. The lowest BCUT2D eigenvalue weighted by Crippen LogP contribution is -2.56. The summed E-state index contributed by atoms with van der Waals surface area (Å²) in [6, 6.07) is 9.58. The van der Waals surface area contributed by atoms with E-state index in [-0.39, 0.29) is 30.8 Å².